The molecule has 0 radical (unpaired) electrons. The van der Waals surface area contributed by atoms with Gasteiger partial charge in [-0.25, -0.2) is 13.1 Å². The molecule has 0 aliphatic heterocycles. The molecule has 130 valence electrons. The molecular weight excluding hydrogens is 350 g/mol. The maximum atomic E-state index is 12.3. The Bertz CT molecular complexity index is 788. The second kappa shape index (κ2) is 7.53. The largest absolute Gasteiger partial charge is 0.497 e. The Morgan fingerprint density at radius 3 is 2.38 bits per heavy atom. The summed E-state index contributed by atoms with van der Waals surface area (Å²) in [4.78, 5) is -0.00749. The summed E-state index contributed by atoms with van der Waals surface area (Å²) in [6, 6.07) is 13.4. The highest BCUT2D eigenvalue weighted by atomic mass is 35.5. The van der Waals surface area contributed by atoms with E-state index >= 15 is 0 Å². The molecule has 0 aromatic heterocycles. The standard InChI is InChI=1S/C17H20ClNO4S/c1-17(20,11-13-7-9-14(23-2)10-8-13)12-19-24(21,22)16-6-4-3-5-15(16)18/h3-10,19-20H,11-12H2,1-2H3. The van der Waals surface area contributed by atoms with E-state index in [4.69, 9.17) is 16.3 Å². The van der Waals surface area contributed by atoms with Crippen molar-refractivity contribution in [2.24, 2.45) is 0 Å². The highest BCUT2D eigenvalue weighted by Gasteiger charge is 2.25. The molecule has 2 aromatic rings. The van der Waals surface area contributed by atoms with Gasteiger partial charge < -0.3 is 9.84 Å². The maximum Gasteiger partial charge on any atom is 0.242 e. The number of rotatable bonds is 7. The lowest BCUT2D eigenvalue weighted by molar-refractivity contribution is 0.0657. The van der Waals surface area contributed by atoms with Crippen LogP contribution >= 0.6 is 11.6 Å². The van der Waals surface area contributed by atoms with Gasteiger partial charge in [0, 0.05) is 13.0 Å². The predicted molar refractivity (Wildman–Crippen MR) is 94.0 cm³/mol. The highest BCUT2D eigenvalue weighted by molar-refractivity contribution is 7.89. The fraction of sp³-hybridized carbons (Fsp3) is 0.294. The van der Waals surface area contributed by atoms with Crippen molar-refractivity contribution in [1.82, 2.24) is 4.72 Å². The van der Waals surface area contributed by atoms with Crippen LogP contribution in [0, 0.1) is 0 Å². The van der Waals surface area contributed by atoms with Crippen LogP contribution in [0.15, 0.2) is 53.4 Å². The average Bonchev–Trinajstić information content (AvgIpc) is 2.54. The monoisotopic (exact) mass is 369 g/mol. The molecule has 2 N–H and O–H groups in total. The molecule has 0 aliphatic carbocycles. The number of methoxy groups -OCH3 is 1. The normalized spacial score (nSPS) is 14.2. The minimum atomic E-state index is -3.79. The summed E-state index contributed by atoms with van der Waals surface area (Å²) < 4.78 is 32.1. The van der Waals surface area contributed by atoms with Crippen LogP contribution in [0.25, 0.3) is 0 Å². The Morgan fingerprint density at radius 2 is 1.79 bits per heavy atom. The fourth-order valence-electron chi connectivity index (χ4n) is 2.24. The molecule has 0 aliphatic rings. The van der Waals surface area contributed by atoms with Gasteiger partial charge in [-0.1, -0.05) is 35.9 Å². The third-order valence-corrected chi connectivity index (χ3v) is 5.41. The summed E-state index contributed by atoms with van der Waals surface area (Å²) in [6.07, 6.45) is 0.294. The smallest absolute Gasteiger partial charge is 0.242 e. The van der Waals surface area contributed by atoms with Gasteiger partial charge in [-0.3, -0.25) is 0 Å². The van der Waals surface area contributed by atoms with Crippen LogP contribution in [0.5, 0.6) is 5.75 Å². The van der Waals surface area contributed by atoms with Crippen molar-refractivity contribution in [3.63, 3.8) is 0 Å². The Kier molecular flexibility index (Phi) is 5.87. The molecule has 5 nitrogen and oxygen atoms in total. The van der Waals surface area contributed by atoms with E-state index in [2.05, 4.69) is 4.72 Å². The van der Waals surface area contributed by atoms with Crippen LogP contribution in [0.1, 0.15) is 12.5 Å². The van der Waals surface area contributed by atoms with Crippen molar-refractivity contribution in [2.75, 3.05) is 13.7 Å². The van der Waals surface area contributed by atoms with Gasteiger partial charge in [0.15, 0.2) is 0 Å². The van der Waals surface area contributed by atoms with Crippen LogP contribution in [0.3, 0.4) is 0 Å². The van der Waals surface area contributed by atoms with Crippen molar-refractivity contribution < 1.29 is 18.3 Å². The molecule has 0 amide bonds. The van der Waals surface area contributed by atoms with Gasteiger partial charge >= 0.3 is 0 Å². The van der Waals surface area contributed by atoms with Crippen molar-refractivity contribution >= 4 is 21.6 Å². The Hall–Kier alpha value is -1.60. The number of benzene rings is 2. The summed E-state index contributed by atoms with van der Waals surface area (Å²) in [5, 5.41) is 10.6. The number of halogens is 1. The summed E-state index contributed by atoms with van der Waals surface area (Å²) in [6.45, 7) is 1.44. The Morgan fingerprint density at radius 1 is 1.17 bits per heavy atom. The third kappa shape index (κ3) is 4.95. The zero-order valence-corrected chi connectivity index (χ0v) is 15.1. The van der Waals surface area contributed by atoms with E-state index in [9.17, 15) is 13.5 Å². The fourth-order valence-corrected chi connectivity index (χ4v) is 3.92. The first-order chi connectivity index (χ1) is 11.2. The van der Waals surface area contributed by atoms with Crippen LogP contribution in [0.2, 0.25) is 5.02 Å². The zero-order chi connectivity index (χ0) is 17.8. The van der Waals surface area contributed by atoms with Crippen LogP contribution in [0.4, 0.5) is 0 Å². The molecular formula is C17H20ClNO4S. The van der Waals surface area contributed by atoms with Crippen molar-refractivity contribution in [3.8, 4) is 5.75 Å². The summed E-state index contributed by atoms with van der Waals surface area (Å²) in [5.74, 6) is 0.720. The highest BCUT2D eigenvalue weighted by Crippen LogP contribution is 2.21. The molecule has 1 atom stereocenters. The number of sulfonamides is 1. The van der Waals surface area contributed by atoms with Gasteiger partial charge in [0.25, 0.3) is 0 Å². The molecule has 0 fully saturated rings. The first-order valence-electron chi connectivity index (χ1n) is 7.33. The van der Waals surface area contributed by atoms with E-state index in [1.165, 1.54) is 12.1 Å². The van der Waals surface area contributed by atoms with Gasteiger partial charge in [0.05, 0.1) is 17.7 Å². The van der Waals surface area contributed by atoms with E-state index < -0.39 is 15.6 Å². The SMILES string of the molecule is COc1ccc(CC(C)(O)CNS(=O)(=O)c2ccccc2Cl)cc1. The van der Waals surface area contributed by atoms with E-state index in [0.29, 0.717) is 6.42 Å². The quantitative estimate of drug-likeness (QED) is 0.786. The minimum absolute atomic E-state index is 0.00749. The topological polar surface area (TPSA) is 75.6 Å². The summed E-state index contributed by atoms with van der Waals surface area (Å²) in [5.41, 5.74) is -0.374. The molecule has 2 rings (SSSR count). The number of aliphatic hydroxyl groups is 1. The number of ether oxygens (including phenoxy) is 1. The van der Waals surface area contributed by atoms with Gasteiger partial charge in [-0.15, -0.1) is 0 Å². The van der Waals surface area contributed by atoms with Gasteiger partial charge in [0.1, 0.15) is 10.6 Å². The van der Waals surface area contributed by atoms with Crippen molar-refractivity contribution in [3.05, 3.63) is 59.1 Å². The molecule has 0 saturated heterocycles. The van der Waals surface area contributed by atoms with Crippen LogP contribution in [-0.4, -0.2) is 32.8 Å². The summed E-state index contributed by atoms with van der Waals surface area (Å²) in [7, 11) is -2.21. The van der Waals surface area contributed by atoms with Gasteiger partial charge in [-0.05, 0) is 36.8 Å². The number of hydrogen-bond acceptors (Lipinski definition) is 4. The minimum Gasteiger partial charge on any atom is -0.497 e. The number of nitrogens with one attached hydrogen (secondary N) is 1. The van der Waals surface area contributed by atoms with Crippen molar-refractivity contribution in [1.29, 1.82) is 0 Å². The molecule has 0 bridgehead atoms. The average molecular weight is 370 g/mol. The Balaban J connectivity index is 2.04. The molecule has 0 spiro atoms. The molecule has 7 heteroatoms. The lowest BCUT2D eigenvalue weighted by Crippen LogP contribution is -2.42. The first kappa shape index (κ1) is 18.7. The van der Waals surface area contributed by atoms with E-state index in [0.717, 1.165) is 11.3 Å². The lowest BCUT2D eigenvalue weighted by Gasteiger charge is -2.24. The molecule has 0 heterocycles. The Labute approximate surface area is 147 Å². The molecule has 24 heavy (non-hydrogen) atoms. The predicted octanol–water partition coefficient (Wildman–Crippen LogP) is 2.62. The van der Waals surface area contributed by atoms with Crippen LogP contribution in [-0.2, 0) is 16.4 Å². The van der Waals surface area contributed by atoms with E-state index in [1.807, 2.05) is 12.1 Å². The van der Waals surface area contributed by atoms with Gasteiger partial charge in [-0.2, -0.15) is 0 Å². The lowest BCUT2D eigenvalue weighted by atomic mass is 9.97. The second-order valence-electron chi connectivity index (χ2n) is 5.78. The maximum absolute atomic E-state index is 12.3. The van der Waals surface area contributed by atoms with E-state index in [-0.39, 0.29) is 16.5 Å². The van der Waals surface area contributed by atoms with E-state index in [1.54, 1.807) is 38.3 Å². The van der Waals surface area contributed by atoms with Crippen molar-refractivity contribution in [2.45, 2.75) is 23.8 Å². The zero-order valence-electron chi connectivity index (χ0n) is 13.5. The van der Waals surface area contributed by atoms with Gasteiger partial charge in [0.2, 0.25) is 10.0 Å². The summed E-state index contributed by atoms with van der Waals surface area (Å²) >= 11 is 5.92. The molecule has 1 unspecified atom stereocenters. The molecule has 0 saturated carbocycles. The third-order valence-electron chi connectivity index (χ3n) is 3.51. The number of hydrogen-bond donors (Lipinski definition) is 2. The first-order valence-corrected chi connectivity index (χ1v) is 9.19. The van der Waals surface area contributed by atoms with Crippen LogP contribution < -0.4 is 9.46 Å². The molecule has 2 aromatic carbocycles. The second-order valence-corrected chi connectivity index (χ2v) is 7.92.